The Morgan fingerprint density at radius 1 is 1.09 bits per heavy atom. The maximum absolute atomic E-state index is 12.5. The van der Waals surface area contributed by atoms with Gasteiger partial charge in [0.2, 0.25) is 0 Å². The number of imidazole rings is 1. The highest BCUT2D eigenvalue weighted by molar-refractivity contribution is 5.69. The fourth-order valence-electron chi connectivity index (χ4n) is 2.76. The largest absolute Gasteiger partial charge is 0.332 e. The van der Waals surface area contributed by atoms with E-state index in [1.165, 1.54) is 9.13 Å². The molecule has 0 aliphatic heterocycles. The summed E-state index contributed by atoms with van der Waals surface area (Å²) in [6.45, 7) is 2.60. The fraction of sp³-hybridized carbons (Fsp3) is 0.588. The molecule has 23 heavy (non-hydrogen) atoms. The van der Waals surface area contributed by atoms with Crippen molar-refractivity contribution < 1.29 is 0 Å². The van der Waals surface area contributed by atoms with Crippen LogP contribution in [0.3, 0.4) is 0 Å². The molecule has 0 atom stereocenters. The lowest BCUT2D eigenvalue weighted by molar-refractivity contribution is 0.534. The molecule has 6 heteroatoms. The first-order chi connectivity index (χ1) is 11.1. The number of unbranched alkanes of at least 4 members (excludes halogenated alkanes) is 4. The van der Waals surface area contributed by atoms with Gasteiger partial charge in [0.1, 0.15) is 0 Å². The predicted molar refractivity (Wildman–Crippen MR) is 92.7 cm³/mol. The van der Waals surface area contributed by atoms with Gasteiger partial charge in [0.15, 0.2) is 11.2 Å². The van der Waals surface area contributed by atoms with Crippen molar-refractivity contribution in [2.24, 2.45) is 14.1 Å². The number of rotatable bonds is 8. The zero-order valence-corrected chi connectivity index (χ0v) is 14.3. The summed E-state index contributed by atoms with van der Waals surface area (Å²) >= 11 is 0. The van der Waals surface area contributed by atoms with Gasteiger partial charge in [-0.1, -0.05) is 31.9 Å². The van der Waals surface area contributed by atoms with E-state index in [1.807, 2.05) is 0 Å². The molecule has 0 aromatic carbocycles. The second kappa shape index (κ2) is 7.94. The molecule has 0 radical (unpaired) electrons. The average Bonchev–Trinajstić information content (AvgIpc) is 2.92. The number of nitrogens with zero attached hydrogens (tertiary/aromatic N) is 4. The van der Waals surface area contributed by atoms with Gasteiger partial charge in [0.25, 0.3) is 5.56 Å². The van der Waals surface area contributed by atoms with Crippen molar-refractivity contribution in [1.29, 1.82) is 0 Å². The standard InChI is InChI=1S/C17H26N4O2/c1-4-5-6-7-8-9-10-11-12-21-16(22)14-15(18-13-19(14)2)20(3)17(21)23/h5-6,13H,4,7-12H2,1-3H3/b6-5-. The molecule has 0 fully saturated rings. The summed E-state index contributed by atoms with van der Waals surface area (Å²) in [6.07, 6.45) is 12.3. The van der Waals surface area contributed by atoms with Gasteiger partial charge in [-0.2, -0.15) is 0 Å². The van der Waals surface area contributed by atoms with Gasteiger partial charge >= 0.3 is 5.69 Å². The Balaban J connectivity index is 2.01. The molecule has 0 amide bonds. The van der Waals surface area contributed by atoms with Crippen molar-refractivity contribution in [3.63, 3.8) is 0 Å². The van der Waals surface area contributed by atoms with E-state index in [0.717, 1.165) is 38.5 Å². The van der Waals surface area contributed by atoms with Crippen LogP contribution < -0.4 is 11.2 Å². The minimum Gasteiger partial charge on any atom is -0.328 e. The number of allylic oxidation sites excluding steroid dienone is 2. The first-order valence-corrected chi connectivity index (χ1v) is 8.33. The molecule has 0 saturated carbocycles. The molecule has 2 aromatic heterocycles. The van der Waals surface area contributed by atoms with E-state index < -0.39 is 0 Å². The summed E-state index contributed by atoms with van der Waals surface area (Å²) in [6, 6.07) is 0. The highest BCUT2D eigenvalue weighted by atomic mass is 16.2. The molecule has 0 N–H and O–H groups in total. The third-order valence-corrected chi connectivity index (χ3v) is 4.11. The number of aryl methyl sites for hydroxylation is 2. The van der Waals surface area contributed by atoms with Crippen LogP contribution in [-0.2, 0) is 20.6 Å². The number of hydrogen-bond acceptors (Lipinski definition) is 3. The molecule has 2 heterocycles. The summed E-state index contributed by atoms with van der Waals surface area (Å²) in [5, 5.41) is 0. The molecule has 0 aliphatic rings. The van der Waals surface area contributed by atoms with Gasteiger partial charge in [-0.25, -0.2) is 9.78 Å². The summed E-state index contributed by atoms with van der Waals surface area (Å²) in [5.74, 6) is 0. The lowest BCUT2D eigenvalue weighted by Crippen LogP contribution is -2.39. The van der Waals surface area contributed by atoms with Crippen molar-refractivity contribution in [2.45, 2.75) is 52.0 Å². The second-order valence-electron chi connectivity index (χ2n) is 5.91. The van der Waals surface area contributed by atoms with Crippen LogP contribution in [0.1, 0.15) is 45.4 Å². The van der Waals surface area contributed by atoms with Crippen molar-refractivity contribution >= 4 is 11.2 Å². The lowest BCUT2D eigenvalue weighted by atomic mass is 10.1. The summed E-state index contributed by atoms with van der Waals surface area (Å²) in [4.78, 5) is 29.0. The number of hydrogen-bond donors (Lipinski definition) is 0. The molecule has 0 aliphatic carbocycles. The zero-order chi connectivity index (χ0) is 16.8. The Morgan fingerprint density at radius 2 is 1.83 bits per heavy atom. The van der Waals surface area contributed by atoms with Crippen molar-refractivity contribution in [3.05, 3.63) is 39.3 Å². The lowest BCUT2D eigenvalue weighted by Gasteiger charge is -2.08. The monoisotopic (exact) mass is 318 g/mol. The Morgan fingerprint density at radius 3 is 2.57 bits per heavy atom. The topological polar surface area (TPSA) is 61.8 Å². The van der Waals surface area contributed by atoms with Crippen LogP contribution in [0.2, 0.25) is 0 Å². The number of aromatic nitrogens is 4. The molecular formula is C17H26N4O2. The number of fused-ring (bicyclic) bond motifs is 1. The maximum Gasteiger partial charge on any atom is 0.332 e. The van der Waals surface area contributed by atoms with Gasteiger partial charge < -0.3 is 4.57 Å². The van der Waals surface area contributed by atoms with Crippen molar-refractivity contribution in [3.8, 4) is 0 Å². The first-order valence-electron chi connectivity index (χ1n) is 8.33. The molecule has 0 bridgehead atoms. The van der Waals surface area contributed by atoms with Crippen LogP contribution in [0.15, 0.2) is 28.1 Å². The van der Waals surface area contributed by atoms with Crippen molar-refractivity contribution in [1.82, 2.24) is 18.7 Å². The van der Waals surface area contributed by atoms with Gasteiger partial charge in [0.05, 0.1) is 6.33 Å². The van der Waals surface area contributed by atoms with Crippen LogP contribution >= 0.6 is 0 Å². The SMILES string of the molecule is CC/C=C\CCCCCCn1c(=O)c2c(ncn2C)n(C)c1=O. The molecule has 0 saturated heterocycles. The minimum atomic E-state index is -0.285. The Labute approximate surface area is 136 Å². The molecule has 126 valence electrons. The first kappa shape index (κ1) is 17.2. The van der Waals surface area contributed by atoms with E-state index in [4.69, 9.17) is 0 Å². The van der Waals surface area contributed by atoms with Crippen LogP contribution in [0.25, 0.3) is 11.2 Å². The van der Waals surface area contributed by atoms with Gasteiger partial charge in [-0.05, 0) is 25.7 Å². The van der Waals surface area contributed by atoms with Crippen LogP contribution in [0.4, 0.5) is 0 Å². The van der Waals surface area contributed by atoms with Crippen molar-refractivity contribution in [2.75, 3.05) is 0 Å². The van der Waals surface area contributed by atoms with Gasteiger partial charge in [0, 0.05) is 20.6 Å². The fourth-order valence-corrected chi connectivity index (χ4v) is 2.76. The minimum absolute atomic E-state index is 0.242. The normalized spacial score (nSPS) is 11.8. The molecule has 2 aromatic rings. The summed E-state index contributed by atoms with van der Waals surface area (Å²) in [5.41, 5.74) is 0.402. The van der Waals surface area contributed by atoms with E-state index in [2.05, 4.69) is 24.1 Å². The molecule has 6 nitrogen and oxygen atoms in total. The molecular weight excluding hydrogens is 292 g/mol. The van der Waals surface area contributed by atoms with Gasteiger partial charge in [-0.15, -0.1) is 0 Å². The third-order valence-electron chi connectivity index (χ3n) is 4.11. The van der Waals surface area contributed by atoms with Crippen LogP contribution in [0, 0.1) is 0 Å². The van der Waals surface area contributed by atoms with E-state index >= 15 is 0 Å². The smallest absolute Gasteiger partial charge is 0.328 e. The molecule has 0 spiro atoms. The highest BCUT2D eigenvalue weighted by Gasteiger charge is 2.14. The van der Waals surface area contributed by atoms with E-state index in [9.17, 15) is 9.59 Å². The Hall–Kier alpha value is -2.11. The Kier molecular flexibility index (Phi) is 5.96. The third kappa shape index (κ3) is 3.81. The van der Waals surface area contributed by atoms with E-state index in [1.54, 1.807) is 25.0 Å². The van der Waals surface area contributed by atoms with Crippen LogP contribution in [0.5, 0.6) is 0 Å². The second-order valence-corrected chi connectivity index (χ2v) is 5.91. The summed E-state index contributed by atoms with van der Waals surface area (Å²) in [7, 11) is 3.43. The average molecular weight is 318 g/mol. The van der Waals surface area contributed by atoms with Crippen LogP contribution in [-0.4, -0.2) is 18.7 Å². The van der Waals surface area contributed by atoms with E-state index in [0.29, 0.717) is 17.7 Å². The van der Waals surface area contributed by atoms with E-state index in [-0.39, 0.29) is 11.2 Å². The predicted octanol–water partition coefficient (Wildman–Crippen LogP) is 2.35. The Bertz CT molecular complexity index is 795. The van der Waals surface area contributed by atoms with Gasteiger partial charge in [-0.3, -0.25) is 13.9 Å². The zero-order valence-electron chi connectivity index (χ0n) is 14.3. The maximum atomic E-state index is 12.5. The highest BCUT2D eigenvalue weighted by Crippen LogP contribution is 2.06. The quantitative estimate of drug-likeness (QED) is 0.554. The summed E-state index contributed by atoms with van der Waals surface area (Å²) < 4.78 is 4.46. The molecule has 0 unspecified atom stereocenters. The molecule has 2 rings (SSSR count).